The van der Waals surface area contributed by atoms with Gasteiger partial charge in [-0.1, -0.05) is 41.6 Å². The smallest absolute Gasteiger partial charge is 0.209 e. The number of thioether (sulfide) groups is 1. The van der Waals surface area contributed by atoms with Crippen LogP contribution >= 0.6 is 23.4 Å². The lowest BCUT2D eigenvalue weighted by Gasteiger charge is -2.04. The highest BCUT2D eigenvalue weighted by atomic mass is 35.5. The number of aromatic nitrogens is 3. The molecule has 0 spiro atoms. The van der Waals surface area contributed by atoms with Gasteiger partial charge in [0.05, 0.1) is 5.97 Å². The van der Waals surface area contributed by atoms with Gasteiger partial charge in [0.1, 0.15) is 0 Å². The fourth-order valence-electron chi connectivity index (χ4n) is 1.98. The van der Waals surface area contributed by atoms with Crippen molar-refractivity contribution in [2.75, 3.05) is 0 Å². The van der Waals surface area contributed by atoms with E-state index in [1.165, 1.54) is 17.8 Å². The number of nitrogens with zero attached hydrogens (tertiary/aromatic N) is 2. The molecule has 0 aliphatic rings. The first-order valence-corrected chi connectivity index (χ1v) is 8.09. The number of carbonyl (C=O) groups excluding carboxylic acids is 1. The SMILES string of the molecule is O=C([O-])c1cccc(CSc2n[nH]c(-c3ccc(Cl)cc3)n2)c1. The standard InChI is InChI=1S/C16H12ClN3O2S/c17-13-6-4-11(5-7-13)14-18-16(20-19-14)23-9-10-2-1-3-12(8-10)15(21)22/h1-8H,9H2,(H,21,22)(H,18,19,20)/p-1. The Morgan fingerprint density at radius 3 is 2.74 bits per heavy atom. The molecule has 2 aromatic carbocycles. The van der Waals surface area contributed by atoms with Gasteiger partial charge in [-0.3, -0.25) is 5.10 Å². The van der Waals surface area contributed by atoms with Gasteiger partial charge < -0.3 is 9.90 Å². The quantitative estimate of drug-likeness (QED) is 0.720. The molecule has 0 aliphatic carbocycles. The predicted molar refractivity (Wildman–Crippen MR) is 87.2 cm³/mol. The summed E-state index contributed by atoms with van der Waals surface area (Å²) in [7, 11) is 0. The van der Waals surface area contributed by atoms with Crippen molar-refractivity contribution in [3.63, 3.8) is 0 Å². The van der Waals surface area contributed by atoms with E-state index in [2.05, 4.69) is 15.2 Å². The highest BCUT2D eigenvalue weighted by Crippen LogP contribution is 2.23. The summed E-state index contributed by atoms with van der Waals surface area (Å²) in [6.07, 6.45) is 0. The second-order valence-electron chi connectivity index (χ2n) is 4.75. The van der Waals surface area contributed by atoms with Crippen molar-refractivity contribution in [2.24, 2.45) is 0 Å². The maximum Gasteiger partial charge on any atom is 0.209 e. The van der Waals surface area contributed by atoms with E-state index in [1.807, 2.05) is 18.2 Å². The third-order valence-corrected chi connectivity index (χ3v) is 4.28. The Bertz CT molecular complexity index is 833. The molecular weight excluding hydrogens is 334 g/mol. The minimum Gasteiger partial charge on any atom is -0.545 e. The number of benzene rings is 2. The lowest BCUT2D eigenvalue weighted by molar-refractivity contribution is -0.255. The van der Waals surface area contributed by atoms with Crippen LogP contribution in [0.1, 0.15) is 15.9 Å². The Balaban J connectivity index is 1.69. The van der Waals surface area contributed by atoms with Crippen molar-refractivity contribution in [1.29, 1.82) is 0 Å². The number of carboxylic acids is 1. The predicted octanol–water partition coefficient (Wildman–Crippen LogP) is 2.78. The molecule has 3 rings (SSSR count). The Labute approximate surface area is 141 Å². The van der Waals surface area contributed by atoms with Gasteiger partial charge in [-0.2, -0.15) is 0 Å². The second-order valence-corrected chi connectivity index (χ2v) is 6.13. The van der Waals surface area contributed by atoms with E-state index in [0.29, 0.717) is 21.8 Å². The van der Waals surface area contributed by atoms with E-state index in [4.69, 9.17) is 11.6 Å². The average Bonchev–Trinajstić information content (AvgIpc) is 3.03. The molecule has 0 bridgehead atoms. The van der Waals surface area contributed by atoms with Crippen molar-refractivity contribution in [3.05, 3.63) is 64.7 Å². The molecule has 0 amide bonds. The van der Waals surface area contributed by atoms with Crippen molar-refractivity contribution in [3.8, 4) is 11.4 Å². The minimum atomic E-state index is -1.18. The zero-order valence-electron chi connectivity index (χ0n) is 11.8. The highest BCUT2D eigenvalue weighted by molar-refractivity contribution is 7.98. The van der Waals surface area contributed by atoms with E-state index in [0.717, 1.165) is 11.1 Å². The highest BCUT2D eigenvalue weighted by Gasteiger charge is 2.07. The first kappa shape index (κ1) is 15.6. The van der Waals surface area contributed by atoms with Gasteiger partial charge in [0.2, 0.25) is 5.16 Å². The van der Waals surface area contributed by atoms with Crippen LogP contribution in [0.4, 0.5) is 0 Å². The summed E-state index contributed by atoms with van der Waals surface area (Å²) in [5.74, 6) is 0.0476. The number of rotatable bonds is 5. The number of aromatic amines is 1. The Morgan fingerprint density at radius 2 is 2.00 bits per heavy atom. The molecule has 7 heteroatoms. The van der Waals surface area contributed by atoms with Gasteiger partial charge in [-0.25, -0.2) is 4.98 Å². The lowest BCUT2D eigenvalue weighted by Crippen LogP contribution is -2.22. The van der Waals surface area contributed by atoms with E-state index < -0.39 is 5.97 Å². The van der Waals surface area contributed by atoms with Crippen molar-refractivity contribution in [2.45, 2.75) is 10.9 Å². The number of carbonyl (C=O) groups is 1. The summed E-state index contributed by atoms with van der Waals surface area (Å²) in [6, 6.07) is 13.9. The van der Waals surface area contributed by atoms with E-state index in [-0.39, 0.29) is 5.56 Å². The molecule has 5 nitrogen and oxygen atoms in total. The van der Waals surface area contributed by atoms with Crippen LogP contribution in [0.2, 0.25) is 5.02 Å². The fraction of sp³-hybridized carbons (Fsp3) is 0.0625. The third kappa shape index (κ3) is 3.91. The van der Waals surface area contributed by atoms with Gasteiger partial charge in [0.15, 0.2) is 5.82 Å². The molecule has 0 atom stereocenters. The van der Waals surface area contributed by atoms with Gasteiger partial charge in [-0.05, 0) is 41.5 Å². The number of carboxylic acid groups (broad SMARTS) is 1. The molecule has 0 radical (unpaired) electrons. The average molecular weight is 345 g/mol. The van der Waals surface area contributed by atoms with Crippen molar-refractivity contribution >= 4 is 29.3 Å². The normalized spacial score (nSPS) is 10.7. The molecule has 0 aliphatic heterocycles. The largest absolute Gasteiger partial charge is 0.545 e. The van der Waals surface area contributed by atoms with Crippen molar-refractivity contribution < 1.29 is 9.90 Å². The summed E-state index contributed by atoms with van der Waals surface area (Å²) in [5, 5.41) is 19.1. The zero-order chi connectivity index (χ0) is 16.2. The molecule has 3 aromatic rings. The van der Waals surface area contributed by atoms with Crippen LogP contribution in [-0.2, 0) is 5.75 Å². The maximum atomic E-state index is 10.9. The molecule has 1 N–H and O–H groups in total. The summed E-state index contributed by atoms with van der Waals surface area (Å²) < 4.78 is 0. The van der Waals surface area contributed by atoms with Crippen LogP contribution in [0.15, 0.2) is 53.7 Å². The van der Waals surface area contributed by atoms with E-state index in [1.54, 1.807) is 24.3 Å². The molecule has 1 heterocycles. The van der Waals surface area contributed by atoms with Gasteiger partial charge in [-0.15, -0.1) is 5.10 Å². The number of hydrogen-bond acceptors (Lipinski definition) is 5. The second kappa shape index (κ2) is 6.85. The summed E-state index contributed by atoms with van der Waals surface area (Å²) in [6.45, 7) is 0. The third-order valence-electron chi connectivity index (χ3n) is 3.11. The van der Waals surface area contributed by atoms with Crippen LogP contribution in [-0.4, -0.2) is 21.2 Å². The first-order chi connectivity index (χ1) is 11.1. The molecule has 1 aromatic heterocycles. The van der Waals surface area contributed by atoms with Gasteiger partial charge in [0.25, 0.3) is 0 Å². The van der Waals surface area contributed by atoms with Crippen LogP contribution in [0, 0.1) is 0 Å². The number of nitrogens with one attached hydrogen (secondary N) is 1. The van der Waals surface area contributed by atoms with Crippen molar-refractivity contribution in [1.82, 2.24) is 15.2 Å². The number of H-pyrrole nitrogens is 1. The molecular formula is C16H11ClN3O2S-. The molecule has 0 saturated heterocycles. The Morgan fingerprint density at radius 1 is 1.22 bits per heavy atom. The number of hydrogen-bond donors (Lipinski definition) is 1. The summed E-state index contributed by atoms with van der Waals surface area (Å²) >= 11 is 7.28. The topological polar surface area (TPSA) is 81.7 Å². The number of aromatic carboxylic acids is 1. The van der Waals surface area contributed by atoms with E-state index in [9.17, 15) is 9.90 Å². The van der Waals surface area contributed by atoms with Crippen LogP contribution < -0.4 is 5.11 Å². The summed E-state index contributed by atoms with van der Waals surface area (Å²) in [4.78, 5) is 15.3. The minimum absolute atomic E-state index is 0.167. The fourth-order valence-corrected chi connectivity index (χ4v) is 2.85. The molecule has 23 heavy (non-hydrogen) atoms. The first-order valence-electron chi connectivity index (χ1n) is 6.73. The van der Waals surface area contributed by atoms with Gasteiger partial charge in [0, 0.05) is 16.3 Å². The summed E-state index contributed by atoms with van der Waals surface area (Å²) in [5.41, 5.74) is 1.93. The van der Waals surface area contributed by atoms with Gasteiger partial charge >= 0.3 is 0 Å². The Kier molecular flexibility index (Phi) is 4.64. The lowest BCUT2D eigenvalue weighted by atomic mass is 10.1. The zero-order valence-corrected chi connectivity index (χ0v) is 13.4. The van der Waals surface area contributed by atoms with Crippen LogP contribution in [0.3, 0.4) is 0 Å². The molecule has 0 fully saturated rings. The molecule has 116 valence electrons. The monoisotopic (exact) mass is 344 g/mol. The van der Waals surface area contributed by atoms with E-state index >= 15 is 0 Å². The maximum absolute atomic E-state index is 10.9. The molecule has 0 saturated carbocycles. The Hall–Kier alpha value is -2.31. The number of halogens is 1. The van der Waals surface area contributed by atoms with Crippen LogP contribution in [0.5, 0.6) is 0 Å². The molecule has 0 unspecified atom stereocenters. The van der Waals surface area contributed by atoms with Crippen LogP contribution in [0.25, 0.3) is 11.4 Å².